The van der Waals surface area contributed by atoms with Gasteiger partial charge in [-0.15, -0.1) is 0 Å². The number of hydrogen-bond donors (Lipinski definition) is 2. The number of amides is 1. The molecule has 0 saturated carbocycles. The zero-order valence-electron chi connectivity index (χ0n) is 11.3. The van der Waals surface area contributed by atoms with Gasteiger partial charge in [-0.2, -0.15) is 0 Å². The minimum absolute atomic E-state index is 0.180. The maximum atomic E-state index is 12.0. The molecule has 0 saturated heterocycles. The third kappa shape index (κ3) is 4.06. The molecule has 0 aliphatic carbocycles. The first kappa shape index (κ1) is 15.2. The maximum Gasteiger partial charge on any atom is 0.331 e. The molecule has 2 atom stereocenters. The zero-order valence-corrected chi connectivity index (χ0v) is 11.3. The van der Waals surface area contributed by atoms with Crippen LogP contribution in [-0.4, -0.2) is 36.2 Å². The van der Waals surface area contributed by atoms with Crippen LogP contribution in [0.2, 0.25) is 0 Å². The molecular weight excluding hydrogens is 246 g/mol. The molecule has 2 N–H and O–H groups in total. The van der Waals surface area contributed by atoms with E-state index >= 15 is 0 Å². The molecule has 0 aliphatic rings. The van der Waals surface area contributed by atoms with Crippen molar-refractivity contribution in [3.8, 4) is 0 Å². The number of esters is 1. The molecule has 0 bridgehead atoms. The Balaban J connectivity index is 2.84. The molecular formula is C14H19NO4. The van der Waals surface area contributed by atoms with Crippen LogP contribution in [0.15, 0.2) is 30.3 Å². The number of carbonyl (C=O) groups is 2. The van der Waals surface area contributed by atoms with Crippen molar-refractivity contribution in [3.05, 3.63) is 35.9 Å². The molecule has 104 valence electrons. The van der Waals surface area contributed by atoms with Crippen LogP contribution in [0.1, 0.15) is 24.2 Å². The summed E-state index contributed by atoms with van der Waals surface area (Å²) < 4.78 is 4.61. The molecule has 0 aliphatic heterocycles. The predicted molar refractivity (Wildman–Crippen MR) is 70.6 cm³/mol. The average Bonchev–Trinajstić information content (AvgIpc) is 2.43. The number of carbonyl (C=O) groups excluding carboxylic acids is 2. The second-order valence-electron chi connectivity index (χ2n) is 4.57. The highest BCUT2D eigenvalue weighted by atomic mass is 16.5. The summed E-state index contributed by atoms with van der Waals surface area (Å²) in [6.45, 7) is 3.52. The van der Waals surface area contributed by atoms with E-state index in [0.29, 0.717) is 5.56 Å². The van der Waals surface area contributed by atoms with Gasteiger partial charge in [-0.25, -0.2) is 4.79 Å². The van der Waals surface area contributed by atoms with Gasteiger partial charge in [0.2, 0.25) is 0 Å². The summed E-state index contributed by atoms with van der Waals surface area (Å²) in [6, 6.07) is 7.42. The smallest absolute Gasteiger partial charge is 0.331 e. The maximum absolute atomic E-state index is 12.0. The van der Waals surface area contributed by atoms with E-state index in [0.717, 1.165) is 0 Å². The third-order valence-electron chi connectivity index (χ3n) is 2.80. The zero-order chi connectivity index (χ0) is 14.4. The summed E-state index contributed by atoms with van der Waals surface area (Å²) in [6.07, 6.45) is -1.000. The highest BCUT2D eigenvalue weighted by molar-refractivity contribution is 5.96. The lowest BCUT2D eigenvalue weighted by atomic mass is 9.99. The normalized spacial score (nSPS) is 13.7. The van der Waals surface area contributed by atoms with Gasteiger partial charge in [-0.3, -0.25) is 4.79 Å². The lowest BCUT2D eigenvalue weighted by Gasteiger charge is -2.24. The molecule has 1 rings (SSSR count). The number of methoxy groups -OCH3 is 1. The van der Waals surface area contributed by atoms with Gasteiger partial charge in [0.1, 0.15) is 0 Å². The summed E-state index contributed by atoms with van der Waals surface area (Å²) in [4.78, 5) is 23.6. The van der Waals surface area contributed by atoms with Crippen LogP contribution >= 0.6 is 0 Å². The molecule has 1 aromatic rings. The monoisotopic (exact) mass is 265 g/mol. The van der Waals surface area contributed by atoms with Crippen molar-refractivity contribution in [2.24, 2.45) is 5.92 Å². The fraction of sp³-hybridized carbons (Fsp3) is 0.429. The first-order chi connectivity index (χ1) is 8.97. The van der Waals surface area contributed by atoms with Crippen molar-refractivity contribution in [3.63, 3.8) is 0 Å². The van der Waals surface area contributed by atoms with E-state index in [9.17, 15) is 14.7 Å². The van der Waals surface area contributed by atoms with Crippen molar-refractivity contribution in [1.29, 1.82) is 0 Å². The minimum atomic E-state index is -1.07. The molecule has 19 heavy (non-hydrogen) atoms. The van der Waals surface area contributed by atoms with Gasteiger partial charge >= 0.3 is 5.97 Å². The van der Waals surface area contributed by atoms with Crippen molar-refractivity contribution >= 4 is 11.9 Å². The van der Waals surface area contributed by atoms with Crippen LogP contribution in [-0.2, 0) is 9.53 Å². The summed E-state index contributed by atoms with van der Waals surface area (Å²) in [5.41, 5.74) is 0.423. The van der Waals surface area contributed by atoms with E-state index in [4.69, 9.17) is 0 Å². The molecule has 5 nitrogen and oxygen atoms in total. The van der Waals surface area contributed by atoms with Crippen LogP contribution in [0, 0.1) is 5.92 Å². The van der Waals surface area contributed by atoms with Crippen molar-refractivity contribution in [2.45, 2.75) is 26.0 Å². The molecule has 0 radical (unpaired) electrons. The molecule has 0 aromatic heterocycles. The van der Waals surface area contributed by atoms with Gasteiger partial charge in [-0.1, -0.05) is 32.0 Å². The van der Waals surface area contributed by atoms with Crippen molar-refractivity contribution in [1.82, 2.24) is 5.32 Å². The van der Waals surface area contributed by atoms with Gasteiger partial charge in [0, 0.05) is 5.56 Å². The lowest BCUT2D eigenvalue weighted by molar-refractivity contribution is -0.146. The van der Waals surface area contributed by atoms with Crippen LogP contribution in [0.4, 0.5) is 0 Å². The largest absolute Gasteiger partial charge is 0.467 e. The Morgan fingerprint density at radius 3 is 2.26 bits per heavy atom. The van der Waals surface area contributed by atoms with Crippen LogP contribution in [0.5, 0.6) is 0 Å². The van der Waals surface area contributed by atoms with Gasteiger partial charge < -0.3 is 15.2 Å². The van der Waals surface area contributed by atoms with E-state index in [1.807, 2.05) is 0 Å². The molecule has 1 aromatic carbocycles. The Kier molecular flexibility index (Phi) is 5.51. The van der Waals surface area contributed by atoms with Gasteiger partial charge in [0.25, 0.3) is 5.91 Å². The Hall–Kier alpha value is -1.88. The predicted octanol–water partition coefficient (Wildman–Crippen LogP) is 0.975. The Bertz CT molecular complexity index is 430. The van der Waals surface area contributed by atoms with E-state index in [1.165, 1.54) is 7.11 Å². The number of benzene rings is 1. The topological polar surface area (TPSA) is 75.6 Å². The van der Waals surface area contributed by atoms with Gasteiger partial charge in [0.15, 0.2) is 6.04 Å². The highest BCUT2D eigenvalue weighted by Gasteiger charge is 2.31. The third-order valence-corrected chi connectivity index (χ3v) is 2.80. The molecule has 0 fully saturated rings. The van der Waals surface area contributed by atoms with E-state index in [1.54, 1.807) is 44.2 Å². The number of aliphatic hydroxyl groups excluding tert-OH is 1. The minimum Gasteiger partial charge on any atom is -0.467 e. The molecule has 1 amide bonds. The quantitative estimate of drug-likeness (QED) is 0.778. The average molecular weight is 265 g/mol. The van der Waals surface area contributed by atoms with Crippen molar-refractivity contribution < 1.29 is 19.4 Å². The first-order valence-electron chi connectivity index (χ1n) is 6.09. The number of nitrogens with one attached hydrogen (secondary N) is 1. The van der Waals surface area contributed by atoms with Crippen LogP contribution in [0.3, 0.4) is 0 Å². The Labute approximate surface area is 112 Å². The highest BCUT2D eigenvalue weighted by Crippen LogP contribution is 2.09. The summed E-state index contributed by atoms with van der Waals surface area (Å²) in [5.74, 6) is -1.26. The number of ether oxygens (including phenoxy) is 1. The summed E-state index contributed by atoms with van der Waals surface area (Å²) >= 11 is 0. The summed E-state index contributed by atoms with van der Waals surface area (Å²) in [7, 11) is 1.22. The Morgan fingerprint density at radius 2 is 1.79 bits per heavy atom. The SMILES string of the molecule is COC(=O)C(NC(=O)c1ccccc1)C(O)C(C)C. The molecule has 5 heteroatoms. The first-order valence-corrected chi connectivity index (χ1v) is 6.09. The number of aliphatic hydroxyl groups is 1. The number of rotatable bonds is 5. The van der Waals surface area contributed by atoms with Crippen LogP contribution in [0.25, 0.3) is 0 Å². The van der Waals surface area contributed by atoms with Crippen LogP contribution < -0.4 is 5.32 Å². The standard InChI is InChI=1S/C14H19NO4/c1-9(2)12(16)11(14(18)19-3)15-13(17)10-7-5-4-6-8-10/h4-9,11-12,16H,1-3H3,(H,15,17). The Morgan fingerprint density at radius 1 is 1.21 bits per heavy atom. The lowest BCUT2D eigenvalue weighted by Crippen LogP contribution is -2.51. The summed E-state index contributed by atoms with van der Waals surface area (Å²) in [5, 5.41) is 12.5. The van der Waals surface area contributed by atoms with E-state index in [2.05, 4.69) is 10.1 Å². The number of hydrogen-bond acceptors (Lipinski definition) is 4. The fourth-order valence-corrected chi connectivity index (χ4v) is 1.61. The second kappa shape index (κ2) is 6.89. The van der Waals surface area contributed by atoms with Gasteiger partial charge in [-0.05, 0) is 18.1 Å². The fourth-order valence-electron chi connectivity index (χ4n) is 1.61. The molecule has 0 heterocycles. The molecule has 2 unspecified atom stereocenters. The molecule has 0 spiro atoms. The van der Waals surface area contributed by atoms with Crippen molar-refractivity contribution in [2.75, 3.05) is 7.11 Å². The van der Waals surface area contributed by atoms with E-state index < -0.39 is 24.0 Å². The van der Waals surface area contributed by atoms with Gasteiger partial charge in [0.05, 0.1) is 13.2 Å². The second-order valence-corrected chi connectivity index (χ2v) is 4.57. The van der Waals surface area contributed by atoms with E-state index in [-0.39, 0.29) is 5.92 Å².